The first-order chi connectivity index (χ1) is 10.7. The summed E-state index contributed by atoms with van der Waals surface area (Å²) in [5, 5.41) is 2.74. The molecule has 7 nitrogen and oxygen atoms in total. The molecule has 132 valence electrons. The molecule has 0 saturated carbocycles. The van der Waals surface area contributed by atoms with Crippen LogP contribution in [0.3, 0.4) is 0 Å². The van der Waals surface area contributed by atoms with Crippen LogP contribution in [0.15, 0.2) is 0 Å². The highest BCUT2D eigenvalue weighted by Gasteiger charge is 2.41. The Bertz CT molecular complexity index is 565. The Hall–Kier alpha value is -1.15. The molecule has 2 heterocycles. The van der Waals surface area contributed by atoms with Crippen LogP contribution in [0.25, 0.3) is 0 Å². The number of likely N-dealkylation sites (N-methyl/N-ethyl adjacent to an activating group) is 1. The highest BCUT2D eigenvalue weighted by atomic mass is 32.2. The number of nitrogens with zero attached hydrogens (tertiary/aromatic N) is 2. The highest BCUT2D eigenvalue weighted by Crippen LogP contribution is 2.22. The summed E-state index contributed by atoms with van der Waals surface area (Å²) in [5.41, 5.74) is -1.18. The van der Waals surface area contributed by atoms with Gasteiger partial charge in [0.2, 0.25) is 11.8 Å². The van der Waals surface area contributed by atoms with Gasteiger partial charge in [-0.1, -0.05) is 6.92 Å². The van der Waals surface area contributed by atoms with E-state index >= 15 is 0 Å². The predicted molar refractivity (Wildman–Crippen MR) is 87.7 cm³/mol. The summed E-state index contributed by atoms with van der Waals surface area (Å²) in [6.45, 7) is 9.16. The fraction of sp³-hybridized carbons (Fsp3) is 0.867. The van der Waals surface area contributed by atoms with Crippen molar-refractivity contribution in [2.75, 3.05) is 44.2 Å². The number of carbonyl (C=O) groups excluding carboxylic acids is 2. The maximum Gasteiger partial charge on any atom is 0.237 e. The molecule has 0 bridgehead atoms. The molecule has 0 spiro atoms. The smallest absolute Gasteiger partial charge is 0.237 e. The Morgan fingerprint density at radius 1 is 1.17 bits per heavy atom. The highest BCUT2D eigenvalue weighted by molar-refractivity contribution is 7.91. The summed E-state index contributed by atoms with van der Waals surface area (Å²) in [6, 6.07) is -0.378. The largest absolute Gasteiger partial charge is 0.351 e. The van der Waals surface area contributed by atoms with Gasteiger partial charge in [0, 0.05) is 32.2 Å². The number of carbonyl (C=O) groups is 2. The Labute approximate surface area is 138 Å². The van der Waals surface area contributed by atoms with Crippen molar-refractivity contribution in [2.24, 2.45) is 5.41 Å². The minimum Gasteiger partial charge on any atom is -0.351 e. The van der Waals surface area contributed by atoms with Crippen LogP contribution >= 0.6 is 0 Å². The SMILES string of the molecule is CCN1CCN(C(=O)C(C)(C)C(=O)NC2CCS(=O)(=O)C2)CC1. The molecule has 0 radical (unpaired) electrons. The van der Waals surface area contributed by atoms with Gasteiger partial charge in [0.1, 0.15) is 5.41 Å². The van der Waals surface area contributed by atoms with Gasteiger partial charge in [0.25, 0.3) is 0 Å². The standard InChI is InChI=1S/C15H27N3O4S/c1-4-17-6-8-18(9-7-17)14(20)15(2,3)13(19)16-12-5-10-23(21,22)11-12/h12H,4-11H2,1-3H3,(H,16,19). The number of rotatable bonds is 4. The van der Waals surface area contributed by atoms with Gasteiger partial charge in [-0.3, -0.25) is 9.59 Å². The quantitative estimate of drug-likeness (QED) is 0.693. The molecule has 2 aliphatic heterocycles. The lowest BCUT2D eigenvalue weighted by Crippen LogP contribution is -2.56. The lowest BCUT2D eigenvalue weighted by atomic mass is 9.89. The molecule has 0 aromatic rings. The molecule has 23 heavy (non-hydrogen) atoms. The monoisotopic (exact) mass is 345 g/mol. The van der Waals surface area contributed by atoms with Crippen LogP contribution < -0.4 is 5.32 Å². The van der Waals surface area contributed by atoms with E-state index in [0.717, 1.165) is 19.6 Å². The fourth-order valence-corrected chi connectivity index (χ4v) is 4.71. The van der Waals surface area contributed by atoms with Crippen molar-refractivity contribution in [3.05, 3.63) is 0 Å². The predicted octanol–water partition coefficient (Wildman–Crippen LogP) is -0.520. The van der Waals surface area contributed by atoms with Crippen molar-refractivity contribution in [1.29, 1.82) is 0 Å². The lowest BCUT2D eigenvalue weighted by molar-refractivity contribution is -0.150. The van der Waals surface area contributed by atoms with Gasteiger partial charge >= 0.3 is 0 Å². The molecular weight excluding hydrogens is 318 g/mol. The zero-order valence-electron chi connectivity index (χ0n) is 14.2. The third-order valence-electron chi connectivity index (χ3n) is 4.78. The zero-order valence-corrected chi connectivity index (χ0v) is 15.0. The van der Waals surface area contributed by atoms with Crippen molar-refractivity contribution in [3.63, 3.8) is 0 Å². The van der Waals surface area contributed by atoms with E-state index in [1.54, 1.807) is 18.7 Å². The fourth-order valence-electron chi connectivity index (χ4n) is 3.03. The Kier molecular flexibility index (Phi) is 5.35. The molecule has 1 N–H and O–H groups in total. The van der Waals surface area contributed by atoms with E-state index in [9.17, 15) is 18.0 Å². The first kappa shape index (κ1) is 18.2. The molecular formula is C15H27N3O4S. The van der Waals surface area contributed by atoms with Crippen LogP contribution in [-0.4, -0.2) is 80.3 Å². The van der Waals surface area contributed by atoms with Gasteiger partial charge < -0.3 is 15.1 Å². The van der Waals surface area contributed by atoms with Crippen LogP contribution in [0.1, 0.15) is 27.2 Å². The van der Waals surface area contributed by atoms with E-state index < -0.39 is 15.3 Å². The Balaban J connectivity index is 1.94. The normalized spacial score (nSPS) is 25.3. The van der Waals surface area contributed by atoms with E-state index in [0.29, 0.717) is 19.5 Å². The third-order valence-corrected chi connectivity index (χ3v) is 6.54. The molecule has 2 aliphatic rings. The summed E-state index contributed by atoms with van der Waals surface area (Å²) in [4.78, 5) is 29.2. The average Bonchev–Trinajstić information content (AvgIpc) is 2.85. The minimum absolute atomic E-state index is 0.0296. The maximum atomic E-state index is 12.7. The second-order valence-corrected chi connectivity index (χ2v) is 9.15. The number of amides is 2. The number of nitrogens with one attached hydrogen (secondary N) is 1. The summed E-state index contributed by atoms with van der Waals surface area (Å²) < 4.78 is 23.0. The van der Waals surface area contributed by atoms with Gasteiger partial charge in [-0.2, -0.15) is 0 Å². The molecule has 1 atom stereocenters. The van der Waals surface area contributed by atoms with Gasteiger partial charge in [-0.05, 0) is 26.8 Å². The van der Waals surface area contributed by atoms with Crippen molar-refractivity contribution in [2.45, 2.75) is 33.2 Å². The van der Waals surface area contributed by atoms with E-state index in [1.165, 1.54) is 0 Å². The topological polar surface area (TPSA) is 86.8 Å². The first-order valence-corrected chi connectivity index (χ1v) is 10.0. The maximum absolute atomic E-state index is 12.7. The van der Waals surface area contributed by atoms with E-state index in [1.807, 2.05) is 0 Å². The van der Waals surface area contributed by atoms with Crippen molar-refractivity contribution >= 4 is 21.7 Å². The summed E-state index contributed by atoms with van der Waals surface area (Å²) in [5.74, 6) is -0.502. The van der Waals surface area contributed by atoms with Crippen LogP contribution in [0.4, 0.5) is 0 Å². The van der Waals surface area contributed by atoms with Crippen LogP contribution in [0.2, 0.25) is 0 Å². The molecule has 2 saturated heterocycles. The van der Waals surface area contributed by atoms with Gasteiger partial charge in [0.15, 0.2) is 9.84 Å². The van der Waals surface area contributed by atoms with Crippen LogP contribution in [0, 0.1) is 5.41 Å². The number of hydrogen-bond donors (Lipinski definition) is 1. The number of piperazine rings is 1. The summed E-state index contributed by atoms with van der Waals surface area (Å²) in [6.07, 6.45) is 0.424. The molecule has 2 rings (SSSR count). The third kappa shape index (κ3) is 4.23. The minimum atomic E-state index is -3.05. The van der Waals surface area contributed by atoms with Crippen molar-refractivity contribution in [3.8, 4) is 0 Å². The second-order valence-electron chi connectivity index (χ2n) is 6.92. The average molecular weight is 345 g/mol. The molecule has 2 fully saturated rings. The Morgan fingerprint density at radius 3 is 2.26 bits per heavy atom. The van der Waals surface area contributed by atoms with Crippen LogP contribution in [0.5, 0.6) is 0 Å². The second kappa shape index (κ2) is 6.76. The molecule has 2 amide bonds. The van der Waals surface area contributed by atoms with Crippen LogP contribution in [-0.2, 0) is 19.4 Å². The zero-order chi connectivity index (χ0) is 17.3. The molecule has 1 unspecified atom stereocenters. The van der Waals surface area contributed by atoms with Crippen molar-refractivity contribution in [1.82, 2.24) is 15.1 Å². The van der Waals surface area contributed by atoms with Gasteiger partial charge in [-0.15, -0.1) is 0 Å². The van der Waals surface area contributed by atoms with E-state index in [4.69, 9.17) is 0 Å². The molecule has 0 aromatic carbocycles. The number of hydrogen-bond acceptors (Lipinski definition) is 5. The molecule has 0 aliphatic carbocycles. The first-order valence-electron chi connectivity index (χ1n) is 8.19. The Morgan fingerprint density at radius 2 is 1.78 bits per heavy atom. The van der Waals surface area contributed by atoms with Crippen molar-refractivity contribution < 1.29 is 18.0 Å². The summed E-state index contributed by atoms with van der Waals surface area (Å²) in [7, 11) is -3.05. The molecule has 0 aromatic heterocycles. The number of sulfone groups is 1. The summed E-state index contributed by atoms with van der Waals surface area (Å²) >= 11 is 0. The van der Waals surface area contributed by atoms with Gasteiger partial charge in [0.05, 0.1) is 11.5 Å². The van der Waals surface area contributed by atoms with Gasteiger partial charge in [-0.25, -0.2) is 8.42 Å². The van der Waals surface area contributed by atoms with E-state index in [2.05, 4.69) is 17.1 Å². The van der Waals surface area contributed by atoms with E-state index in [-0.39, 0.29) is 29.4 Å². The lowest BCUT2D eigenvalue weighted by Gasteiger charge is -2.38. The molecule has 8 heteroatoms.